The quantitative estimate of drug-likeness (QED) is 0.357. The SMILES string of the molecule is C#CCn1c(=NC(=O)c2ccc(S(=O)(=O)N(C)Cc3ccccc3)cc2)sc2cc(OC)ccc21. The molecule has 1 heterocycles. The molecule has 0 radical (unpaired) electrons. The Morgan fingerprint density at radius 2 is 1.83 bits per heavy atom. The predicted molar refractivity (Wildman–Crippen MR) is 137 cm³/mol. The second-order valence-corrected chi connectivity index (χ2v) is 10.8. The lowest BCUT2D eigenvalue weighted by Crippen LogP contribution is -2.26. The summed E-state index contributed by atoms with van der Waals surface area (Å²) in [6, 6.07) is 20.7. The molecule has 178 valence electrons. The maximum Gasteiger partial charge on any atom is 0.279 e. The first-order valence-corrected chi connectivity index (χ1v) is 12.9. The van der Waals surface area contributed by atoms with E-state index in [1.807, 2.05) is 48.5 Å². The van der Waals surface area contributed by atoms with E-state index < -0.39 is 15.9 Å². The van der Waals surface area contributed by atoms with E-state index in [1.54, 1.807) is 11.7 Å². The number of fused-ring (bicyclic) bond motifs is 1. The molecule has 0 aliphatic carbocycles. The van der Waals surface area contributed by atoms with Crippen LogP contribution in [-0.2, 0) is 23.1 Å². The largest absolute Gasteiger partial charge is 0.497 e. The highest BCUT2D eigenvalue weighted by molar-refractivity contribution is 7.89. The monoisotopic (exact) mass is 505 g/mol. The molecule has 0 aliphatic rings. The molecule has 3 aromatic carbocycles. The van der Waals surface area contributed by atoms with Gasteiger partial charge >= 0.3 is 0 Å². The lowest BCUT2D eigenvalue weighted by Gasteiger charge is -2.17. The Kier molecular flexibility index (Phi) is 7.17. The summed E-state index contributed by atoms with van der Waals surface area (Å²) in [5.74, 6) is 2.80. The van der Waals surface area contributed by atoms with Crippen molar-refractivity contribution in [3.8, 4) is 18.1 Å². The molecule has 4 rings (SSSR count). The van der Waals surface area contributed by atoms with E-state index in [0.717, 1.165) is 15.8 Å². The zero-order valence-corrected chi connectivity index (χ0v) is 20.8. The van der Waals surface area contributed by atoms with Crippen LogP contribution in [0.4, 0.5) is 0 Å². The van der Waals surface area contributed by atoms with E-state index in [1.165, 1.54) is 47.0 Å². The fourth-order valence-corrected chi connectivity index (χ4v) is 5.75. The number of benzene rings is 3. The Bertz CT molecular complexity index is 1580. The molecule has 7 nitrogen and oxygen atoms in total. The van der Waals surface area contributed by atoms with Gasteiger partial charge in [-0.2, -0.15) is 9.30 Å². The lowest BCUT2D eigenvalue weighted by molar-refractivity contribution is 0.0998. The van der Waals surface area contributed by atoms with Gasteiger partial charge in [0.15, 0.2) is 4.80 Å². The summed E-state index contributed by atoms with van der Waals surface area (Å²) in [6.07, 6.45) is 5.53. The molecule has 35 heavy (non-hydrogen) atoms. The van der Waals surface area contributed by atoms with E-state index in [2.05, 4.69) is 10.9 Å². The van der Waals surface area contributed by atoms with Crippen molar-refractivity contribution < 1.29 is 17.9 Å². The van der Waals surface area contributed by atoms with Crippen molar-refractivity contribution in [3.05, 3.63) is 88.7 Å². The smallest absolute Gasteiger partial charge is 0.279 e. The Morgan fingerprint density at radius 1 is 1.11 bits per heavy atom. The first-order valence-electron chi connectivity index (χ1n) is 10.6. The number of methoxy groups -OCH3 is 1. The third-order valence-corrected chi connectivity index (χ3v) is 8.25. The number of terminal acetylenes is 1. The summed E-state index contributed by atoms with van der Waals surface area (Å²) in [5, 5.41) is 0. The minimum atomic E-state index is -3.72. The van der Waals surface area contributed by atoms with Gasteiger partial charge in [-0.3, -0.25) is 4.79 Å². The first kappa shape index (κ1) is 24.4. The van der Waals surface area contributed by atoms with Crippen LogP contribution in [0.3, 0.4) is 0 Å². The van der Waals surface area contributed by atoms with Gasteiger partial charge < -0.3 is 9.30 Å². The Morgan fingerprint density at radius 3 is 2.49 bits per heavy atom. The van der Waals surface area contributed by atoms with Gasteiger partial charge in [-0.25, -0.2) is 8.42 Å². The summed E-state index contributed by atoms with van der Waals surface area (Å²) >= 11 is 1.33. The zero-order valence-electron chi connectivity index (χ0n) is 19.2. The van der Waals surface area contributed by atoms with Crippen molar-refractivity contribution in [3.63, 3.8) is 0 Å². The number of aromatic nitrogens is 1. The van der Waals surface area contributed by atoms with Gasteiger partial charge in [-0.1, -0.05) is 47.6 Å². The zero-order chi connectivity index (χ0) is 25.0. The van der Waals surface area contributed by atoms with Crippen LogP contribution in [0.15, 0.2) is 82.7 Å². The molecule has 0 spiro atoms. The molecule has 0 saturated heterocycles. The van der Waals surface area contributed by atoms with Crippen molar-refractivity contribution in [2.24, 2.45) is 4.99 Å². The Labute approximate surface area is 208 Å². The molecule has 0 N–H and O–H groups in total. The standard InChI is InChI=1S/C26H23N3O4S2/c1-4-16-29-23-15-12-21(33-3)17-24(23)34-26(29)27-25(30)20-10-13-22(14-11-20)35(31,32)28(2)18-19-8-6-5-7-9-19/h1,5-15,17H,16,18H2,2-3H3. The average molecular weight is 506 g/mol. The van der Waals surface area contributed by atoms with Crippen LogP contribution in [0.25, 0.3) is 10.2 Å². The molecule has 0 bridgehead atoms. The number of carbonyl (C=O) groups excluding carboxylic acids is 1. The van der Waals surface area contributed by atoms with Crippen molar-refractivity contribution in [1.82, 2.24) is 8.87 Å². The summed E-state index contributed by atoms with van der Waals surface area (Å²) in [6.45, 7) is 0.495. The van der Waals surface area contributed by atoms with E-state index >= 15 is 0 Å². The third-order valence-electron chi connectivity index (χ3n) is 5.39. The highest BCUT2D eigenvalue weighted by atomic mass is 32.2. The number of hydrogen-bond acceptors (Lipinski definition) is 5. The molecule has 0 unspecified atom stereocenters. The number of ether oxygens (including phenoxy) is 1. The molecular formula is C26H23N3O4S2. The molecule has 4 aromatic rings. The van der Waals surface area contributed by atoms with Crippen LogP contribution in [0.2, 0.25) is 0 Å². The predicted octanol–water partition coefficient (Wildman–Crippen LogP) is 3.91. The van der Waals surface area contributed by atoms with Gasteiger partial charge in [0.1, 0.15) is 5.75 Å². The summed E-state index contributed by atoms with van der Waals surface area (Å²) in [4.78, 5) is 17.7. The van der Waals surface area contributed by atoms with Crippen LogP contribution >= 0.6 is 11.3 Å². The van der Waals surface area contributed by atoms with Crippen LogP contribution in [0.1, 0.15) is 15.9 Å². The second-order valence-electron chi connectivity index (χ2n) is 7.70. The fraction of sp³-hybridized carbons (Fsp3) is 0.154. The first-order chi connectivity index (χ1) is 16.8. The minimum Gasteiger partial charge on any atom is -0.497 e. The number of sulfonamides is 1. The van der Waals surface area contributed by atoms with Crippen molar-refractivity contribution in [2.45, 2.75) is 18.0 Å². The van der Waals surface area contributed by atoms with E-state index in [4.69, 9.17) is 11.2 Å². The average Bonchev–Trinajstić information content (AvgIpc) is 3.20. The number of amides is 1. The lowest BCUT2D eigenvalue weighted by atomic mass is 10.2. The summed E-state index contributed by atoms with van der Waals surface area (Å²) in [7, 11) is -0.610. The van der Waals surface area contributed by atoms with Gasteiger partial charge in [0.05, 0.1) is 28.8 Å². The van der Waals surface area contributed by atoms with Crippen molar-refractivity contribution in [2.75, 3.05) is 14.2 Å². The molecule has 1 aromatic heterocycles. The van der Waals surface area contributed by atoms with Crippen LogP contribution in [0.5, 0.6) is 5.75 Å². The highest BCUT2D eigenvalue weighted by Crippen LogP contribution is 2.23. The van der Waals surface area contributed by atoms with Gasteiger partial charge in [-0.15, -0.1) is 6.42 Å². The van der Waals surface area contributed by atoms with Crippen molar-refractivity contribution >= 4 is 37.5 Å². The fourth-order valence-electron chi connectivity index (χ4n) is 3.54. The highest BCUT2D eigenvalue weighted by Gasteiger charge is 2.21. The van der Waals surface area contributed by atoms with E-state index in [-0.39, 0.29) is 23.5 Å². The van der Waals surface area contributed by atoms with Crippen LogP contribution < -0.4 is 9.54 Å². The second kappa shape index (κ2) is 10.3. The molecule has 0 fully saturated rings. The minimum absolute atomic E-state index is 0.101. The number of hydrogen-bond donors (Lipinski definition) is 0. The molecule has 9 heteroatoms. The number of thiazole rings is 1. The Hall–Kier alpha value is -3.71. The maximum atomic E-state index is 13.0. The topological polar surface area (TPSA) is 81.0 Å². The molecule has 0 atom stereocenters. The summed E-state index contributed by atoms with van der Waals surface area (Å²) < 4.78 is 35.2. The van der Waals surface area contributed by atoms with Gasteiger partial charge in [0.25, 0.3) is 5.91 Å². The van der Waals surface area contributed by atoms with E-state index in [0.29, 0.717) is 10.6 Å². The van der Waals surface area contributed by atoms with Gasteiger partial charge in [0.2, 0.25) is 10.0 Å². The van der Waals surface area contributed by atoms with Crippen molar-refractivity contribution in [1.29, 1.82) is 0 Å². The Balaban J connectivity index is 1.61. The summed E-state index contributed by atoms with van der Waals surface area (Å²) in [5.41, 5.74) is 2.01. The number of rotatable bonds is 7. The molecule has 0 saturated carbocycles. The van der Waals surface area contributed by atoms with Gasteiger partial charge in [-0.05, 0) is 48.0 Å². The van der Waals surface area contributed by atoms with E-state index in [9.17, 15) is 13.2 Å². The molecular weight excluding hydrogens is 482 g/mol. The molecule has 1 amide bonds. The third kappa shape index (κ3) is 5.20. The van der Waals surface area contributed by atoms with Crippen LogP contribution in [0, 0.1) is 12.3 Å². The van der Waals surface area contributed by atoms with Gasteiger partial charge in [0, 0.05) is 19.2 Å². The molecule has 0 aliphatic heterocycles. The number of carbonyl (C=O) groups is 1. The maximum absolute atomic E-state index is 13.0. The normalized spacial score (nSPS) is 12.1. The number of nitrogens with zero attached hydrogens (tertiary/aromatic N) is 3. The van der Waals surface area contributed by atoms with Crippen LogP contribution in [-0.4, -0.2) is 37.4 Å².